The predicted molar refractivity (Wildman–Crippen MR) is 100 cm³/mol. The van der Waals surface area contributed by atoms with Gasteiger partial charge < -0.3 is 19.0 Å². The van der Waals surface area contributed by atoms with Crippen molar-refractivity contribution < 1.29 is 19.0 Å². The molecule has 4 aromatic rings. The smallest absolute Gasteiger partial charge is 0.297 e. The number of ether oxygens (including phenoxy) is 2. The Labute approximate surface area is 154 Å². The first kappa shape index (κ1) is 17.1. The van der Waals surface area contributed by atoms with Crippen molar-refractivity contribution in [2.45, 2.75) is 12.6 Å². The lowest BCUT2D eigenvalue weighted by molar-refractivity contribution is 0.0914. The quantitative estimate of drug-likeness (QED) is 0.564. The Hall–Kier alpha value is -3.32. The SMILES string of the molecule is COc1ccc(OCC(O)Cn2cnc3c(oc4ccccc43)c2=O)cc1. The van der Waals surface area contributed by atoms with Crippen LogP contribution in [0.1, 0.15) is 0 Å². The molecule has 27 heavy (non-hydrogen) atoms. The first-order valence-corrected chi connectivity index (χ1v) is 8.47. The van der Waals surface area contributed by atoms with E-state index in [-0.39, 0.29) is 24.3 Å². The van der Waals surface area contributed by atoms with Gasteiger partial charge in [0.25, 0.3) is 5.56 Å². The van der Waals surface area contributed by atoms with E-state index in [4.69, 9.17) is 13.9 Å². The fourth-order valence-corrected chi connectivity index (χ4v) is 2.89. The summed E-state index contributed by atoms with van der Waals surface area (Å²) in [5, 5.41) is 11.0. The van der Waals surface area contributed by atoms with Crippen LogP contribution in [0.25, 0.3) is 22.1 Å². The highest BCUT2D eigenvalue weighted by molar-refractivity contribution is 6.01. The molecule has 0 aliphatic heterocycles. The van der Waals surface area contributed by atoms with Crippen molar-refractivity contribution in [3.05, 3.63) is 65.2 Å². The number of nitrogens with zero attached hydrogens (tertiary/aromatic N) is 2. The van der Waals surface area contributed by atoms with Crippen LogP contribution in [-0.4, -0.2) is 34.5 Å². The minimum absolute atomic E-state index is 0.0386. The summed E-state index contributed by atoms with van der Waals surface area (Å²) in [6.07, 6.45) is 0.539. The maximum atomic E-state index is 12.6. The van der Waals surface area contributed by atoms with Crippen LogP contribution in [0.2, 0.25) is 0 Å². The zero-order valence-electron chi connectivity index (χ0n) is 14.7. The monoisotopic (exact) mass is 366 g/mol. The maximum Gasteiger partial charge on any atom is 0.297 e. The lowest BCUT2D eigenvalue weighted by Gasteiger charge is -2.13. The van der Waals surface area contributed by atoms with Gasteiger partial charge in [-0.1, -0.05) is 12.1 Å². The van der Waals surface area contributed by atoms with Crippen molar-refractivity contribution >= 4 is 22.1 Å². The topological polar surface area (TPSA) is 86.7 Å². The third kappa shape index (κ3) is 3.37. The number of rotatable bonds is 6. The number of benzene rings is 2. The van der Waals surface area contributed by atoms with E-state index < -0.39 is 6.10 Å². The van der Waals surface area contributed by atoms with Crippen LogP contribution in [0.5, 0.6) is 11.5 Å². The van der Waals surface area contributed by atoms with Gasteiger partial charge in [0.05, 0.1) is 20.0 Å². The second kappa shape index (κ2) is 7.13. The van der Waals surface area contributed by atoms with Crippen molar-refractivity contribution in [1.82, 2.24) is 9.55 Å². The van der Waals surface area contributed by atoms with E-state index in [1.807, 2.05) is 18.2 Å². The first-order chi connectivity index (χ1) is 13.2. The average molecular weight is 366 g/mol. The fraction of sp³-hybridized carbons (Fsp3) is 0.200. The van der Waals surface area contributed by atoms with Gasteiger partial charge in [-0.2, -0.15) is 0 Å². The molecule has 0 spiro atoms. The molecule has 0 aliphatic rings. The number of para-hydroxylation sites is 1. The number of aliphatic hydroxyl groups is 1. The van der Waals surface area contributed by atoms with Crippen LogP contribution in [0.15, 0.2) is 64.1 Å². The van der Waals surface area contributed by atoms with Crippen LogP contribution in [-0.2, 0) is 6.54 Å². The number of aliphatic hydroxyl groups excluding tert-OH is 1. The maximum absolute atomic E-state index is 12.6. The second-order valence-electron chi connectivity index (χ2n) is 6.12. The zero-order valence-corrected chi connectivity index (χ0v) is 14.7. The number of furan rings is 1. The highest BCUT2D eigenvalue weighted by Crippen LogP contribution is 2.24. The normalized spacial score (nSPS) is 12.4. The lowest BCUT2D eigenvalue weighted by Crippen LogP contribution is -2.30. The molecule has 0 amide bonds. The summed E-state index contributed by atoms with van der Waals surface area (Å²) in [6, 6.07) is 14.4. The molecule has 1 unspecified atom stereocenters. The molecule has 4 rings (SSSR count). The van der Waals surface area contributed by atoms with Gasteiger partial charge >= 0.3 is 0 Å². The summed E-state index contributed by atoms with van der Waals surface area (Å²) in [6.45, 7) is 0.0892. The Balaban J connectivity index is 1.49. The lowest BCUT2D eigenvalue weighted by atomic mass is 10.2. The molecule has 0 saturated heterocycles. The van der Waals surface area contributed by atoms with E-state index >= 15 is 0 Å². The molecule has 0 fully saturated rings. The molecule has 2 aromatic heterocycles. The minimum atomic E-state index is -0.881. The standard InChI is InChI=1S/C20H18N2O5/c1-25-14-6-8-15(9-7-14)26-11-13(23)10-22-12-21-18-16-4-2-3-5-17(16)27-19(18)20(22)24/h2-9,12-13,23H,10-11H2,1H3. The molecule has 7 heteroatoms. The second-order valence-corrected chi connectivity index (χ2v) is 6.12. The molecule has 2 heterocycles. The minimum Gasteiger partial charge on any atom is -0.497 e. The van der Waals surface area contributed by atoms with Crippen molar-refractivity contribution in [1.29, 1.82) is 0 Å². The number of hydrogen-bond acceptors (Lipinski definition) is 6. The molecule has 0 bridgehead atoms. The third-order valence-corrected chi connectivity index (χ3v) is 4.26. The average Bonchev–Trinajstić information content (AvgIpc) is 3.08. The van der Waals surface area contributed by atoms with Gasteiger partial charge in [-0.3, -0.25) is 9.36 Å². The van der Waals surface area contributed by atoms with Gasteiger partial charge in [0.15, 0.2) is 0 Å². The van der Waals surface area contributed by atoms with E-state index in [0.717, 1.165) is 11.1 Å². The van der Waals surface area contributed by atoms with Crippen LogP contribution < -0.4 is 15.0 Å². The molecular formula is C20H18N2O5. The van der Waals surface area contributed by atoms with Crippen molar-refractivity contribution in [3.63, 3.8) is 0 Å². The molecule has 7 nitrogen and oxygen atoms in total. The molecular weight excluding hydrogens is 348 g/mol. The molecule has 2 aromatic carbocycles. The number of fused-ring (bicyclic) bond motifs is 3. The highest BCUT2D eigenvalue weighted by Gasteiger charge is 2.15. The van der Waals surface area contributed by atoms with Crippen LogP contribution >= 0.6 is 0 Å². The summed E-state index contributed by atoms with van der Waals surface area (Å²) in [5.74, 6) is 1.33. The van der Waals surface area contributed by atoms with Gasteiger partial charge in [0.2, 0.25) is 5.58 Å². The van der Waals surface area contributed by atoms with Crippen LogP contribution in [0, 0.1) is 0 Å². The Kier molecular flexibility index (Phi) is 4.52. The van der Waals surface area contributed by atoms with E-state index in [2.05, 4.69) is 4.98 Å². The Morgan fingerprint density at radius 2 is 1.89 bits per heavy atom. The van der Waals surface area contributed by atoms with Gasteiger partial charge in [-0.25, -0.2) is 4.98 Å². The molecule has 0 aliphatic carbocycles. The van der Waals surface area contributed by atoms with Crippen LogP contribution in [0.4, 0.5) is 0 Å². The molecule has 1 atom stereocenters. The molecule has 0 saturated carbocycles. The summed E-state index contributed by atoms with van der Waals surface area (Å²) in [4.78, 5) is 17.0. The molecule has 138 valence electrons. The predicted octanol–water partition coefficient (Wildman–Crippen LogP) is 2.59. The van der Waals surface area contributed by atoms with E-state index in [9.17, 15) is 9.90 Å². The van der Waals surface area contributed by atoms with Crippen molar-refractivity contribution in [2.24, 2.45) is 0 Å². The number of hydrogen-bond donors (Lipinski definition) is 1. The molecule has 1 N–H and O–H groups in total. The van der Waals surface area contributed by atoms with Gasteiger partial charge in [-0.15, -0.1) is 0 Å². The van der Waals surface area contributed by atoms with Gasteiger partial charge in [-0.05, 0) is 36.4 Å². The summed E-state index contributed by atoms with van der Waals surface area (Å²) < 4.78 is 17.6. The van der Waals surface area contributed by atoms with E-state index in [0.29, 0.717) is 16.8 Å². The van der Waals surface area contributed by atoms with Crippen molar-refractivity contribution in [2.75, 3.05) is 13.7 Å². The largest absolute Gasteiger partial charge is 0.497 e. The Morgan fingerprint density at radius 3 is 2.67 bits per heavy atom. The first-order valence-electron chi connectivity index (χ1n) is 8.47. The summed E-state index contributed by atoms with van der Waals surface area (Å²) in [5.41, 5.74) is 0.982. The van der Waals surface area contributed by atoms with Gasteiger partial charge in [0.1, 0.15) is 35.3 Å². The Bertz CT molecular complexity index is 1130. The zero-order chi connectivity index (χ0) is 18.8. The van der Waals surface area contributed by atoms with E-state index in [1.54, 1.807) is 37.4 Å². The molecule has 0 radical (unpaired) electrons. The summed E-state index contributed by atoms with van der Waals surface area (Å²) >= 11 is 0. The van der Waals surface area contributed by atoms with Crippen molar-refractivity contribution in [3.8, 4) is 11.5 Å². The third-order valence-electron chi connectivity index (χ3n) is 4.26. The van der Waals surface area contributed by atoms with E-state index in [1.165, 1.54) is 10.9 Å². The summed E-state index contributed by atoms with van der Waals surface area (Å²) in [7, 11) is 1.59. The number of aromatic nitrogens is 2. The van der Waals surface area contributed by atoms with Crippen LogP contribution in [0.3, 0.4) is 0 Å². The highest BCUT2D eigenvalue weighted by atomic mass is 16.5. The fourth-order valence-electron chi connectivity index (χ4n) is 2.89. The Morgan fingerprint density at radius 1 is 1.15 bits per heavy atom. The number of methoxy groups -OCH3 is 1. The van der Waals surface area contributed by atoms with Gasteiger partial charge in [0, 0.05) is 5.39 Å².